The number of nitrogens with one attached hydrogen (secondary N) is 1. The smallest absolute Gasteiger partial charge is 0.414 e. The Morgan fingerprint density at radius 1 is 1.56 bits per heavy atom. The molecule has 0 bridgehead atoms. The lowest BCUT2D eigenvalue weighted by Gasteiger charge is -2.07. The molecule has 2 N–H and O–H groups in total. The summed E-state index contributed by atoms with van der Waals surface area (Å²) in [4.78, 5) is 25.0. The number of rotatable bonds is 4. The highest BCUT2D eigenvalue weighted by molar-refractivity contribution is 5.77. The minimum Gasteiger partial charge on any atom is -0.491 e. The lowest BCUT2D eigenvalue weighted by atomic mass is 10.4. The number of aromatic nitrogens is 1. The van der Waals surface area contributed by atoms with Gasteiger partial charge in [0.05, 0.1) is 7.11 Å². The molecule has 0 aliphatic rings. The maximum atomic E-state index is 11.1. The molecule has 86 valence electrons. The molecule has 0 saturated carbocycles. The van der Waals surface area contributed by atoms with E-state index in [4.69, 9.17) is 14.6 Å². The summed E-state index contributed by atoms with van der Waals surface area (Å²) in [5, 5.41) is 10.3. The van der Waals surface area contributed by atoms with Crippen molar-refractivity contribution in [3.63, 3.8) is 0 Å². The molecule has 0 aliphatic heterocycles. The van der Waals surface area contributed by atoms with Crippen LogP contribution in [0.2, 0.25) is 0 Å². The standard InChI is InChI=1S/C9H10N2O5/c1-15-6-3-2-4-10-8(6)16-9(14)11-5-7(12)13/h2-4H,5H2,1H3,(H,11,14)(H,12,13). The van der Waals surface area contributed by atoms with Crippen molar-refractivity contribution >= 4 is 12.1 Å². The topological polar surface area (TPSA) is 97.8 Å². The molecule has 1 aromatic rings. The van der Waals surface area contributed by atoms with Gasteiger partial charge in [0, 0.05) is 6.20 Å². The first kappa shape index (κ1) is 11.8. The fourth-order valence-corrected chi connectivity index (χ4v) is 0.880. The average Bonchev–Trinajstić information content (AvgIpc) is 2.27. The van der Waals surface area contributed by atoms with Crippen LogP contribution in [-0.4, -0.2) is 35.8 Å². The summed E-state index contributed by atoms with van der Waals surface area (Å²) in [6.07, 6.45) is 0.516. The molecule has 1 aromatic heterocycles. The molecule has 0 aliphatic carbocycles. The summed E-state index contributed by atoms with van der Waals surface area (Å²) in [5.41, 5.74) is 0. The SMILES string of the molecule is COc1cccnc1OC(=O)NCC(=O)O. The number of pyridine rings is 1. The van der Waals surface area contributed by atoms with Crippen LogP contribution in [0.1, 0.15) is 0 Å². The predicted octanol–water partition coefficient (Wildman–Crippen LogP) is 0.263. The van der Waals surface area contributed by atoms with Crippen molar-refractivity contribution in [1.29, 1.82) is 0 Å². The number of carbonyl (C=O) groups is 2. The Hall–Kier alpha value is -2.31. The summed E-state index contributed by atoms with van der Waals surface area (Å²) in [7, 11) is 1.40. The summed E-state index contributed by atoms with van der Waals surface area (Å²) >= 11 is 0. The van der Waals surface area contributed by atoms with Gasteiger partial charge in [-0.25, -0.2) is 9.78 Å². The first-order valence-corrected chi connectivity index (χ1v) is 4.30. The number of ether oxygens (including phenoxy) is 2. The molecule has 7 nitrogen and oxygen atoms in total. The molecule has 0 unspecified atom stereocenters. The molecule has 0 fully saturated rings. The van der Waals surface area contributed by atoms with Gasteiger partial charge in [-0.1, -0.05) is 0 Å². The first-order chi connectivity index (χ1) is 7.63. The van der Waals surface area contributed by atoms with Crippen LogP contribution in [0.3, 0.4) is 0 Å². The van der Waals surface area contributed by atoms with Crippen LogP contribution >= 0.6 is 0 Å². The molecule has 7 heteroatoms. The zero-order valence-corrected chi connectivity index (χ0v) is 8.47. The summed E-state index contributed by atoms with van der Waals surface area (Å²) in [5.74, 6) is -0.897. The zero-order chi connectivity index (χ0) is 12.0. The highest BCUT2D eigenvalue weighted by atomic mass is 16.6. The molecule has 0 atom stereocenters. The van der Waals surface area contributed by atoms with Crippen molar-refractivity contribution in [1.82, 2.24) is 10.3 Å². The molecule has 0 aromatic carbocycles. The molecule has 0 spiro atoms. The summed E-state index contributed by atoms with van der Waals surface area (Å²) in [6, 6.07) is 3.17. The van der Waals surface area contributed by atoms with Crippen LogP contribution in [0.25, 0.3) is 0 Å². The molecule has 1 amide bonds. The number of carbonyl (C=O) groups excluding carboxylic acids is 1. The average molecular weight is 226 g/mol. The van der Waals surface area contributed by atoms with E-state index in [1.165, 1.54) is 13.3 Å². The van der Waals surface area contributed by atoms with Gasteiger partial charge in [0.15, 0.2) is 5.75 Å². The number of methoxy groups -OCH3 is 1. The minimum atomic E-state index is -1.16. The monoisotopic (exact) mass is 226 g/mol. The summed E-state index contributed by atoms with van der Waals surface area (Å²) < 4.78 is 9.63. The van der Waals surface area contributed by atoms with Crippen molar-refractivity contribution in [2.45, 2.75) is 0 Å². The Balaban J connectivity index is 2.58. The van der Waals surface area contributed by atoms with Gasteiger partial charge in [-0.2, -0.15) is 0 Å². The Morgan fingerprint density at radius 2 is 2.31 bits per heavy atom. The maximum Gasteiger partial charge on any atom is 0.414 e. The molecule has 1 rings (SSSR count). The summed E-state index contributed by atoms with van der Waals surface area (Å²) in [6.45, 7) is -0.520. The maximum absolute atomic E-state index is 11.1. The minimum absolute atomic E-state index is 0.0205. The van der Waals surface area contributed by atoms with Crippen LogP contribution in [0.5, 0.6) is 11.6 Å². The molecule has 1 heterocycles. The van der Waals surface area contributed by atoms with Crippen LogP contribution in [0.4, 0.5) is 4.79 Å². The third-order valence-electron chi connectivity index (χ3n) is 1.53. The van der Waals surface area contributed by atoms with Gasteiger partial charge in [0.1, 0.15) is 6.54 Å². The van der Waals surface area contributed by atoms with Gasteiger partial charge >= 0.3 is 12.1 Å². The van der Waals surface area contributed by atoms with Gasteiger partial charge in [0.2, 0.25) is 0 Å². The second-order valence-electron chi connectivity index (χ2n) is 2.65. The molecule has 0 saturated heterocycles. The third kappa shape index (κ3) is 3.45. The molecular weight excluding hydrogens is 216 g/mol. The van der Waals surface area contributed by atoms with Crippen molar-refractivity contribution in [2.24, 2.45) is 0 Å². The number of hydrogen-bond donors (Lipinski definition) is 2. The van der Waals surface area contributed by atoms with Gasteiger partial charge < -0.3 is 19.9 Å². The lowest BCUT2D eigenvalue weighted by Crippen LogP contribution is -2.32. The Labute approximate surface area is 91.0 Å². The zero-order valence-electron chi connectivity index (χ0n) is 8.47. The van der Waals surface area contributed by atoms with Crippen LogP contribution in [0, 0.1) is 0 Å². The van der Waals surface area contributed by atoms with E-state index in [0.717, 1.165) is 0 Å². The van der Waals surface area contributed by atoms with Crippen molar-refractivity contribution in [3.8, 4) is 11.6 Å². The van der Waals surface area contributed by atoms with Crippen LogP contribution in [0.15, 0.2) is 18.3 Å². The van der Waals surface area contributed by atoms with Crippen molar-refractivity contribution in [2.75, 3.05) is 13.7 Å². The van der Waals surface area contributed by atoms with E-state index < -0.39 is 18.6 Å². The van der Waals surface area contributed by atoms with E-state index in [2.05, 4.69) is 4.98 Å². The largest absolute Gasteiger partial charge is 0.491 e. The second kappa shape index (κ2) is 5.54. The number of aliphatic carboxylic acids is 1. The van der Waals surface area contributed by atoms with E-state index in [-0.39, 0.29) is 11.6 Å². The number of nitrogens with zero attached hydrogens (tertiary/aromatic N) is 1. The van der Waals surface area contributed by atoms with Crippen LogP contribution < -0.4 is 14.8 Å². The van der Waals surface area contributed by atoms with Gasteiger partial charge in [-0.05, 0) is 12.1 Å². The van der Waals surface area contributed by atoms with E-state index in [9.17, 15) is 9.59 Å². The Morgan fingerprint density at radius 3 is 2.94 bits per heavy atom. The normalized spacial score (nSPS) is 9.31. The number of hydrogen-bond acceptors (Lipinski definition) is 5. The van der Waals surface area contributed by atoms with Gasteiger partial charge in [-0.3, -0.25) is 4.79 Å². The quantitative estimate of drug-likeness (QED) is 0.764. The first-order valence-electron chi connectivity index (χ1n) is 4.30. The third-order valence-corrected chi connectivity index (χ3v) is 1.53. The number of carboxylic acid groups (broad SMARTS) is 1. The van der Waals surface area contributed by atoms with E-state index in [0.29, 0.717) is 0 Å². The highest BCUT2D eigenvalue weighted by Crippen LogP contribution is 2.22. The fourth-order valence-electron chi connectivity index (χ4n) is 0.880. The van der Waals surface area contributed by atoms with Crippen LogP contribution in [-0.2, 0) is 4.79 Å². The Kier molecular flexibility index (Phi) is 4.07. The van der Waals surface area contributed by atoms with Crippen molar-refractivity contribution in [3.05, 3.63) is 18.3 Å². The highest BCUT2D eigenvalue weighted by Gasteiger charge is 2.11. The Bertz CT molecular complexity index is 393. The van der Waals surface area contributed by atoms with Gasteiger partial charge in [0.25, 0.3) is 5.88 Å². The van der Waals surface area contributed by atoms with E-state index in [1.54, 1.807) is 12.1 Å². The lowest BCUT2D eigenvalue weighted by molar-refractivity contribution is -0.135. The van der Waals surface area contributed by atoms with E-state index >= 15 is 0 Å². The van der Waals surface area contributed by atoms with E-state index in [1.807, 2.05) is 5.32 Å². The predicted molar refractivity (Wildman–Crippen MR) is 52.5 cm³/mol. The second-order valence-corrected chi connectivity index (χ2v) is 2.65. The number of carboxylic acids is 1. The fraction of sp³-hybridized carbons (Fsp3) is 0.222. The molecule has 0 radical (unpaired) electrons. The molecular formula is C9H10N2O5. The van der Waals surface area contributed by atoms with Gasteiger partial charge in [-0.15, -0.1) is 0 Å². The van der Waals surface area contributed by atoms with Crippen molar-refractivity contribution < 1.29 is 24.2 Å². The molecule has 16 heavy (non-hydrogen) atoms. The number of amides is 1.